The number of carbonyl (C=O) groups is 1. The number of hydrogen-bond acceptors (Lipinski definition) is 2. The summed E-state index contributed by atoms with van der Waals surface area (Å²) in [4.78, 5) is 19.1. The molecule has 96 valence electrons. The Balaban J connectivity index is 2.21. The van der Waals surface area contributed by atoms with Crippen LogP contribution in [-0.4, -0.2) is 21.0 Å². The molecule has 4 aromatic rings. The molecule has 4 rings (SSSR count). The molecular weight excluding hydrogens is 252 g/mol. The number of aromatic nitrogens is 2. The molecule has 4 heteroatoms. The number of rotatable bonds is 1. The van der Waals surface area contributed by atoms with Gasteiger partial charge in [0.15, 0.2) is 0 Å². The highest BCUT2D eigenvalue weighted by atomic mass is 16.4. The number of nitrogens with one attached hydrogen (secondary N) is 1. The van der Waals surface area contributed by atoms with Gasteiger partial charge in [-0.2, -0.15) is 0 Å². The van der Waals surface area contributed by atoms with Crippen LogP contribution in [0.4, 0.5) is 0 Å². The van der Waals surface area contributed by atoms with E-state index in [2.05, 4.69) is 9.97 Å². The molecule has 2 aromatic heterocycles. The number of hydrogen-bond donors (Lipinski definition) is 2. The largest absolute Gasteiger partial charge is 0.478 e. The zero-order valence-corrected chi connectivity index (χ0v) is 10.4. The molecule has 0 saturated carbocycles. The van der Waals surface area contributed by atoms with Crippen molar-refractivity contribution >= 4 is 38.8 Å². The van der Waals surface area contributed by atoms with Gasteiger partial charge in [-0.05, 0) is 18.2 Å². The normalized spacial score (nSPS) is 11.4. The molecular formula is C16H10N2O2. The average molecular weight is 262 g/mol. The quantitative estimate of drug-likeness (QED) is 0.551. The Morgan fingerprint density at radius 2 is 1.95 bits per heavy atom. The Morgan fingerprint density at radius 3 is 2.80 bits per heavy atom. The summed E-state index contributed by atoms with van der Waals surface area (Å²) in [6.07, 6.45) is 0. The molecule has 0 unspecified atom stereocenters. The highest BCUT2D eigenvalue weighted by Crippen LogP contribution is 2.28. The predicted octanol–water partition coefficient (Wildman–Crippen LogP) is 3.57. The van der Waals surface area contributed by atoms with E-state index in [-0.39, 0.29) is 5.56 Å². The zero-order valence-electron chi connectivity index (χ0n) is 10.4. The fraction of sp³-hybridized carbons (Fsp3) is 0. The molecule has 0 aliphatic heterocycles. The minimum absolute atomic E-state index is 0.268. The molecule has 0 fully saturated rings. The third-order valence-electron chi connectivity index (χ3n) is 3.53. The Bertz CT molecular complexity index is 986. The molecule has 20 heavy (non-hydrogen) atoms. The first-order valence-corrected chi connectivity index (χ1v) is 6.27. The van der Waals surface area contributed by atoms with E-state index in [9.17, 15) is 9.90 Å². The van der Waals surface area contributed by atoms with Gasteiger partial charge in [0, 0.05) is 10.8 Å². The van der Waals surface area contributed by atoms with Crippen LogP contribution in [0.25, 0.3) is 32.8 Å². The van der Waals surface area contributed by atoms with Crippen molar-refractivity contribution in [2.45, 2.75) is 0 Å². The van der Waals surface area contributed by atoms with Gasteiger partial charge in [0.1, 0.15) is 0 Å². The molecule has 0 saturated heterocycles. The number of benzene rings is 2. The lowest BCUT2D eigenvalue weighted by atomic mass is 10.1. The highest BCUT2D eigenvalue weighted by Gasteiger charge is 2.13. The van der Waals surface area contributed by atoms with Crippen molar-refractivity contribution in [3.8, 4) is 0 Å². The summed E-state index contributed by atoms with van der Waals surface area (Å²) in [6, 6.07) is 15.1. The first-order valence-electron chi connectivity index (χ1n) is 6.27. The Hall–Kier alpha value is -2.88. The van der Waals surface area contributed by atoms with Crippen molar-refractivity contribution in [2.75, 3.05) is 0 Å². The van der Waals surface area contributed by atoms with Crippen molar-refractivity contribution in [1.29, 1.82) is 0 Å². The molecule has 0 atom stereocenters. The van der Waals surface area contributed by atoms with E-state index in [1.165, 1.54) is 0 Å². The maximum absolute atomic E-state index is 11.3. The van der Waals surface area contributed by atoms with Crippen molar-refractivity contribution < 1.29 is 9.90 Å². The molecule has 0 radical (unpaired) electrons. The zero-order chi connectivity index (χ0) is 13.7. The molecule has 0 aliphatic rings. The third-order valence-corrected chi connectivity index (χ3v) is 3.53. The summed E-state index contributed by atoms with van der Waals surface area (Å²) in [5.41, 5.74) is 3.46. The molecule has 4 nitrogen and oxygen atoms in total. The standard InChI is InChI=1S/C16H10N2O2/c19-16(20)11-6-3-5-10-14(11)18-13-8-9-4-1-2-7-12(9)17-15(10)13/h1-8,18H,(H,19,20). The van der Waals surface area contributed by atoms with E-state index >= 15 is 0 Å². The first kappa shape index (κ1) is 11.0. The van der Waals surface area contributed by atoms with Crippen LogP contribution in [0.15, 0.2) is 48.5 Å². The molecule has 0 bridgehead atoms. The fourth-order valence-electron chi connectivity index (χ4n) is 2.61. The summed E-state index contributed by atoms with van der Waals surface area (Å²) in [7, 11) is 0. The number of para-hydroxylation sites is 2. The van der Waals surface area contributed by atoms with Crippen molar-refractivity contribution in [2.24, 2.45) is 0 Å². The van der Waals surface area contributed by atoms with E-state index in [1.54, 1.807) is 12.1 Å². The Labute approximate surface area is 113 Å². The van der Waals surface area contributed by atoms with Crippen LogP contribution in [0.5, 0.6) is 0 Å². The molecule has 0 spiro atoms. The lowest BCUT2D eigenvalue weighted by Gasteiger charge is -1.97. The molecule has 0 amide bonds. The second kappa shape index (κ2) is 3.81. The van der Waals surface area contributed by atoms with Crippen LogP contribution in [0.3, 0.4) is 0 Å². The van der Waals surface area contributed by atoms with Gasteiger partial charge in [0.05, 0.1) is 27.6 Å². The van der Waals surface area contributed by atoms with Gasteiger partial charge in [-0.3, -0.25) is 0 Å². The monoisotopic (exact) mass is 262 g/mol. The highest BCUT2D eigenvalue weighted by molar-refractivity contribution is 6.13. The van der Waals surface area contributed by atoms with Crippen molar-refractivity contribution in [3.63, 3.8) is 0 Å². The molecule has 0 aliphatic carbocycles. The molecule has 2 N–H and O–H groups in total. The number of aromatic carboxylic acids is 1. The lowest BCUT2D eigenvalue weighted by molar-refractivity contribution is 0.0699. The number of aromatic amines is 1. The van der Waals surface area contributed by atoms with Crippen molar-refractivity contribution in [3.05, 3.63) is 54.1 Å². The topological polar surface area (TPSA) is 66.0 Å². The number of carboxylic acid groups (broad SMARTS) is 1. The fourth-order valence-corrected chi connectivity index (χ4v) is 2.61. The van der Waals surface area contributed by atoms with Crippen molar-refractivity contribution in [1.82, 2.24) is 9.97 Å². The van der Waals surface area contributed by atoms with Gasteiger partial charge < -0.3 is 10.1 Å². The van der Waals surface area contributed by atoms with Gasteiger partial charge in [-0.1, -0.05) is 30.3 Å². The number of pyridine rings is 1. The van der Waals surface area contributed by atoms with E-state index in [4.69, 9.17) is 0 Å². The Kier molecular flexibility index (Phi) is 2.09. The summed E-state index contributed by atoms with van der Waals surface area (Å²) < 4.78 is 0. The maximum atomic E-state index is 11.3. The molecule has 2 heterocycles. The predicted molar refractivity (Wildman–Crippen MR) is 78.1 cm³/mol. The Morgan fingerprint density at radius 1 is 1.10 bits per heavy atom. The van der Waals surface area contributed by atoms with Gasteiger partial charge in [0.25, 0.3) is 0 Å². The molecule has 2 aromatic carbocycles. The van der Waals surface area contributed by atoms with E-state index < -0.39 is 5.97 Å². The SMILES string of the molecule is O=C(O)c1cccc2c1[nH]c1cc3ccccc3nc12. The summed E-state index contributed by atoms with van der Waals surface area (Å²) in [5.74, 6) is -0.938. The number of carboxylic acids is 1. The lowest BCUT2D eigenvalue weighted by Crippen LogP contribution is -1.96. The van der Waals surface area contributed by atoms with E-state index in [0.29, 0.717) is 5.52 Å². The first-order chi connectivity index (χ1) is 9.74. The van der Waals surface area contributed by atoms with Crippen LogP contribution in [0.1, 0.15) is 10.4 Å². The summed E-state index contributed by atoms with van der Waals surface area (Å²) in [5, 5.41) is 11.1. The summed E-state index contributed by atoms with van der Waals surface area (Å²) in [6.45, 7) is 0. The van der Waals surface area contributed by atoms with Crippen LogP contribution in [-0.2, 0) is 0 Å². The van der Waals surface area contributed by atoms with Crippen LogP contribution in [0, 0.1) is 0 Å². The second-order valence-corrected chi connectivity index (χ2v) is 4.74. The number of nitrogens with zero attached hydrogens (tertiary/aromatic N) is 1. The maximum Gasteiger partial charge on any atom is 0.337 e. The minimum atomic E-state index is -0.938. The van der Waals surface area contributed by atoms with E-state index in [1.807, 2.05) is 36.4 Å². The van der Waals surface area contributed by atoms with Crippen LogP contribution >= 0.6 is 0 Å². The smallest absolute Gasteiger partial charge is 0.337 e. The summed E-state index contributed by atoms with van der Waals surface area (Å²) >= 11 is 0. The van der Waals surface area contributed by atoms with E-state index in [0.717, 1.165) is 27.3 Å². The third kappa shape index (κ3) is 1.42. The van der Waals surface area contributed by atoms with Gasteiger partial charge in [-0.15, -0.1) is 0 Å². The van der Waals surface area contributed by atoms with Crippen LogP contribution in [0.2, 0.25) is 0 Å². The van der Waals surface area contributed by atoms with Gasteiger partial charge in [-0.25, -0.2) is 9.78 Å². The average Bonchev–Trinajstić information content (AvgIpc) is 2.82. The van der Waals surface area contributed by atoms with Gasteiger partial charge in [0.2, 0.25) is 0 Å². The second-order valence-electron chi connectivity index (χ2n) is 4.74. The van der Waals surface area contributed by atoms with Crippen LogP contribution < -0.4 is 0 Å². The number of fused-ring (bicyclic) bond motifs is 4. The number of H-pyrrole nitrogens is 1. The van der Waals surface area contributed by atoms with Gasteiger partial charge >= 0.3 is 5.97 Å². The minimum Gasteiger partial charge on any atom is -0.478 e.